The molecule has 1 saturated carbocycles. The van der Waals surface area contributed by atoms with Crippen molar-refractivity contribution in [2.45, 2.75) is 38.1 Å². The first kappa shape index (κ1) is 15.3. The van der Waals surface area contributed by atoms with Crippen LogP contribution in [-0.2, 0) is 4.74 Å². The monoisotopic (exact) mass is 277 g/mol. The Bertz CT molecular complexity index is 371. The Kier molecular flexibility index (Phi) is 6.34. The zero-order valence-corrected chi connectivity index (χ0v) is 12.7. The van der Waals surface area contributed by atoms with E-state index in [2.05, 4.69) is 17.4 Å². The van der Waals surface area contributed by atoms with Crippen LogP contribution in [0.15, 0.2) is 24.3 Å². The fraction of sp³-hybridized carbons (Fsp3) is 0.647. The van der Waals surface area contributed by atoms with Gasteiger partial charge < -0.3 is 14.8 Å². The molecule has 1 N–H and O–H groups in total. The number of benzene rings is 1. The largest absolute Gasteiger partial charge is 0.497 e. The molecule has 0 spiro atoms. The molecule has 0 aromatic heterocycles. The number of hydrogen-bond acceptors (Lipinski definition) is 3. The molecule has 1 aliphatic rings. The van der Waals surface area contributed by atoms with Crippen molar-refractivity contribution in [3.63, 3.8) is 0 Å². The van der Waals surface area contributed by atoms with Crippen molar-refractivity contribution in [3.05, 3.63) is 29.8 Å². The fourth-order valence-corrected chi connectivity index (χ4v) is 2.89. The Morgan fingerprint density at radius 2 is 1.85 bits per heavy atom. The molecule has 0 saturated heterocycles. The molecule has 1 fully saturated rings. The molecular formula is C17H27NO2. The maximum Gasteiger partial charge on any atom is 0.118 e. The van der Waals surface area contributed by atoms with Gasteiger partial charge in [-0.25, -0.2) is 0 Å². The number of methoxy groups -OCH3 is 1. The van der Waals surface area contributed by atoms with Crippen LogP contribution in [0.3, 0.4) is 0 Å². The molecule has 0 bridgehead atoms. The Labute approximate surface area is 122 Å². The lowest BCUT2D eigenvalue weighted by atomic mass is 9.90. The highest BCUT2D eigenvalue weighted by molar-refractivity contribution is 5.29. The second-order valence-corrected chi connectivity index (χ2v) is 5.66. The van der Waals surface area contributed by atoms with Crippen LogP contribution in [0.1, 0.15) is 43.7 Å². The van der Waals surface area contributed by atoms with Crippen molar-refractivity contribution >= 4 is 0 Å². The fourth-order valence-electron chi connectivity index (χ4n) is 2.89. The van der Waals surface area contributed by atoms with Crippen molar-refractivity contribution in [2.75, 3.05) is 27.4 Å². The van der Waals surface area contributed by atoms with Gasteiger partial charge in [-0.2, -0.15) is 0 Å². The van der Waals surface area contributed by atoms with Crippen LogP contribution in [0.2, 0.25) is 0 Å². The van der Waals surface area contributed by atoms with Gasteiger partial charge in [-0.05, 0) is 43.5 Å². The number of hydrogen-bond donors (Lipinski definition) is 1. The molecule has 1 aromatic rings. The predicted molar refractivity (Wildman–Crippen MR) is 82.2 cm³/mol. The summed E-state index contributed by atoms with van der Waals surface area (Å²) < 4.78 is 11.1. The first-order chi connectivity index (χ1) is 9.83. The summed E-state index contributed by atoms with van der Waals surface area (Å²) in [4.78, 5) is 0. The third-order valence-electron chi connectivity index (χ3n) is 4.23. The van der Waals surface area contributed by atoms with Crippen LogP contribution in [0, 0.1) is 5.92 Å². The van der Waals surface area contributed by atoms with E-state index in [1.165, 1.54) is 37.7 Å². The molecule has 112 valence electrons. The Balaban J connectivity index is 1.78. The van der Waals surface area contributed by atoms with Gasteiger partial charge in [0.2, 0.25) is 0 Å². The lowest BCUT2D eigenvalue weighted by Gasteiger charge is -2.23. The average Bonchev–Trinajstić information content (AvgIpc) is 2.53. The zero-order chi connectivity index (χ0) is 14.2. The average molecular weight is 277 g/mol. The predicted octanol–water partition coefficient (Wildman–Crippen LogP) is 3.55. The molecule has 0 heterocycles. The first-order valence-electron chi connectivity index (χ1n) is 7.72. The van der Waals surface area contributed by atoms with E-state index < -0.39 is 0 Å². The van der Waals surface area contributed by atoms with Crippen LogP contribution in [0.25, 0.3) is 0 Å². The van der Waals surface area contributed by atoms with E-state index in [4.69, 9.17) is 9.47 Å². The minimum atomic E-state index is 0.254. The SMILES string of the molecule is CNC(COCC1CCCCC1)c1ccc(OC)cc1. The van der Waals surface area contributed by atoms with Crippen LogP contribution < -0.4 is 10.1 Å². The molecule has 1 atom stereocenters. The summed E-state index contributed by atoms with van der Waals surface area (Å²) in [6.45, 7) is 1.65. The maximum atomic E-state index is 5.94. The van der Waals surface area contributed by atoms with Crippen molar-refractivity contribution in [3.8, 4) is 5.75 Å². The van der Waals surface area contributed by atoms with E-state index in [1.807, 2.05) is 19.2 Å². The van der Waals surface area contributed by atoms with E-state index in [0.717, 1.165) is 24.9 Å². The summed E-state index contributed by atoms with van der Waals surface area (Å²) >= 11 is 0. The molecule has 20 heavy (non-hydrogen) atoms. The van der Waals surface area contributed by atoms with Crippen molar-refractivity contribution in [1.29, 1.82) is 0 Å². The number of nitrogens with one attached hydrogen (secondary N) is 1. The molecule has 0 amide bonds. The molecule has 1 aliphatic carbocycles. The third-order valence-corrected chi connectivity index (χ3v) is 4.23. The summed E-state index contributed by atoms with van der Waals surface area (Å²) in [5.41, 5.74) is 1.25. The highest BCUT2D eigenvalue weighted by Gasteiger charge is 2.15. The molecule has 1 aromatic carbocycles. The third kappa shape index (κ3) is 4.50. The molecule has 0 aliphatic heterocycles. The van der Waals surface area contributed by atoms with Gasteiger partial charge in [0, 0.05) is 6.61 Å². The van der Waals surface area contributed by atoms with Gasteiger partial charge in [-0.3, -0.25) is 0 Å². The van der Waals surface area contributed by atoms with Gasteiger partial charge in [0.15, 0.2) is 0 Å². The standard InChI is InChI=1S/C17H27NO2/c1-18-17(15-8-10-16(19-2)11-9-15)13-20-12-14-6-4-3-5-7-14/h8-11,14,17-18H,3-7,12-13H2,1-2H3. The van der Waals surface area contributed by atoms with Gasteiger partial charge >= 0.3 is 0 Å². The van der Waals surface area contributed by atoms with Gasteiger partial charge in [0.1, 0.15) is 5.75 Å². The lowest BCUT2D eigenvalue weighted by molar-refractivity contribution is 0.0707. The van der Waals surface area contributed by atoms with Gasteiger partial charge in [-0.1, -0.05) is 31.4 Å². The second-order valence-electron chi connectivity index (χ2n) is 5.66. The summed E-state index contributed by atoms with van der Waals surface area (Å²) in [6, 6.07) is 8.46. The number of rotatable bonds is 7. The molecule has 3 nitrogen and oxygen atoms in total. The topological polar surface area (TPSA) is 30.5 Å². The number of likely N-dealkylation sites (N-methyl/N-ethyl adjacent to an activating group) is 1. The molecule has 3 heteroatoms. The van der Waals surface area contributed by atoms with Crippen LogP contribution in [0.5, 0.6) is 5.75 Å². The van der Waals surface area contributed by atoms with E-state index in [1.54, 1.807) is 7.11 Å². The van der Waals surface area contributed by atoms with Gasteiger partial charge in [-0.15, -0.1) is 0 Å². The Morgan fingerprint density at radius 1 is 1.15 bits per heavy atom. The second kappa shape index (κ2) is 8.28. The minimum Gasteiger partial charge on any atom is -0.497 e. The Morgan fingerprint density at radius 3 is 2.45 bits per heavy atom. The van der Waals surface area contributed by atoms with Gasteiger partial charge in [0.25, 0.3) is 0 Å². The highest BCUT2D eigenvalue weighted by atomic mass is 16.5. The summed E-state index contributed by atoms with van der Waals surface area (Å²) in [7, 11) is 3.68. The summed E-state index contributed by atoms with van der Waals surface area (Å²) in [6.07, 6.45) is 6.84. The normalized spacial score (nSPS) is 17.9. The lowest BCUT2D eigenvalue weighted by Crippen LogP contribution is -2.24. The van der Waals surface area contributed by atoms with Crippen molar-refractivity contribution in [2.24, 2.45) is 5.92 Å². The van der Waals surface area contributed by atoms with E-state index in [-0.39, 0.29) is 6.04 Å². The van der Waals surface area contributed by atoms with Crippen molar-refractivity contribution in [1.82, 2.24) is 5.32 Å². The quantitative estimate of drug-likeness (QED) is 0.826. The van der Waals surface area contributed by atoms with Crippen molar-refractivity contribution < 1.29 is 9.47 Å². The smallest absolute Gasteiger partial charge is 0.118 e. The molecule has 2 rings (SSSR count). The Hall–Kier alpha value is -1.06. The highest BCUT2D eigenvalue weighted by Crippen LogP contribution is 2.24. The minimum absolute atomic E-state index is 0.254. The zero-order valence-electron chi connectivity index (χ0n) is 12.7. The van der Waals surface area contributed by atoms with Gasteiger partial charge in [0.05, 0.1) is 19.8 Å². The molecular weight excluding hydrogens is 250 g/mol. The van der Waals surface area contributed by atoms with E-state index in [9.17, 15) is 0 Å². The summed E-state index contributed by atoms with van der Waals surface area (Å²) in [5, 5.41) is 3.33. The maximum absolute atomic E-state index is 5.94. The molecule has 1 unspecified atom stereocenters. The van der Waals surface area contributed by atoms with Crippen LogP contribution in [-0.4, -0.2) is 27.4 Å². The van der Waals surface area contributed by atoms with Crippen LogP contribution >= 0.6 is 0 Å². The molecule has 0 radical (unpaired) electrons. The van der Waals surface area contributed by atoms with Crippen LogP contribution in [0.4, 0.5) is 0 Å². The first-order valence-corrected chi connectivity index (χ1v) is 7.72. The van der Waals surface area contributed by atoms with E-state index >= 15 is 0 Å². The summed E-state index contributed by atoms with van der Waals surface area (Å²) in [5.74, 6) is 1.67. The number of ether oxygens (including phenoxy) is 2. The van der Waals surface area contributed by atoms with E-state index in [0.29, 0.717) is 0 Å².